The highest BCUT2D eigenvalue weighted by Gasteiger charge is 2.23. The average Bonchev–Trinajstić information content (AvgIpc) is 3.03. The van der Waals surface area contributed by atoms with Gasteiger partial charge in [-0.2, -0.15) is 0 Å². The number of methoxy groups -OCH3 is 1. The van der Waals surface area contributed by atoms with Gasteiger partial charge >= 0.3 is 5.69 Å². The Morgan fingerprint density at radius 2 is 1.72 bits per heavy atom. The van der Waals surface area contributed by atoms with E-state index in [1.807, 2.05) is 12.1 Å². The molecule has 0 bridgehead atoms. The van der Waals surface area contributed by atoms with E-state index in [1.165, 1.54) is 13.2 Å². The predicted molar refractivity (Wildman–Crippen MR) is 137 cm³/mol. The van der Waals surface area contributed by atoms with Gasteiger partial charge in [0.25, 0.3) is 5.91 Å². The van der Waals surface area contributed by atoms with Crippen molar-refractivity contribution in [3.8, 4) is 16.9 Å². The minimum Gasteiger partial charge on any atom is -0.490 e. The van der Waals surface area contributed by atoms with Crippen LogP contribution in [0.15, 0.2) is 54.6 Å². The third kappa shape index (κ3) is 4.58. The number of anilines is 4. The van der Waals surface area contributed by atoms with Crippen LogP contribution in [0.3, 0.4) is 0 Å². The van der Waals surface area contributed by atoms with Crippen molar-refractivity contribution in [2.24, 2.45) is 5.92 Å². The Hall–Kier alpha value is -4.44. The van der Waals surface area contributed by atoms with Crippen molar-refractivity contribution in [2.75, 3.05) is 36.1 Å². The first-order valence-electron chi connectivity index (χ1n) is 11.6. The lowest BCUT2D eigenvalue weighted by Gasteiger charge is -2.22. The van der Waals surface area contributed by atoms with E-state index < -0.39 is 4.92 Å². The molecular formula is C26H25N5O5. The summed E-state index contributed by atoms with van der Waals surface area (Å²) in [6.07, 6.45) is 1.60. The first-order valence-corrected chi connectivity index (χ1v) is 11.6. The van der Waals surface area contributed by atoms with E-state index in [1.54, 1.807) is 36.4 Å². The van der Waals surface area contributed by atoms with Crippen LogP contribution in [0.2, 0.25) is 0 Å². The first kappa shape index (κ1) is 23.3. The van der Waals surface area contributed by atoms with E-state index >= 15 is 0 Å². The highest BCUT2D eigenvalue weighted by molar-refractivity contribution is 6.13. The Morgan fingerprint density at radius 1 is 0.972 bits per heavy atom. The van der Waals surface area contributed by atoms with Gasteiger partial charge in [0.1, 0.15) is 0 Å². The van der Waals surface area contributed by atoms with Crippen LogP contribution in [-0.4, -0.2) is 36.9 Å². The maximum atomic E-state index is 13.0. The number of ether oxygens (including phenoxy) is 1. The summed E-state index contributed by atoms with van der Waals surface area (Å²) in [4.78, 5) is 36.3. The number of nitro groups is 1. The number of nitrogens with zero attached hydrogens (tertiary/aromatic N) is 1. The van der Waals surface area contributed by atoms with Gasteiger partial charge in [0, 0.05) is 17.7 Å². The van der Waals surface area contributed by atoms with Gasteiger partial charge in [0.2, 0.25) is 5.91 Å². The maximum absolute atomic E-state index is 13.0. The number of nitrogens with one attached hydrogen (secondary N) is 4. The monoisotopic (exact) mass is 487 g/mol. The Labute approximate surface area is 207 Å². The van der Waals surface area contributed by atoms with Gasteiger partial charge in [-0.1, -0.05) is 6.07 Å². The second kappa shape index (κ2) is 9.67. The minimum atomic E-state index is -0.495. The molecule has 10 nitrogen and oxygen atoms in total. The number of amides is 2. The molecule has 36 heavy (non-hydrogen) atoms. The van der Waals surface area contributed by atoms with Crippen molar-refractivity contribution < 1.29 is 19.2 Å². The molecule has 0 unspecified atom stereocenters. The number of piperidine rings is 1. The van der Waals surface area contributed by atoms with Gasteiger partial charge in [0.15, 0.2) is 5.75 Å². The number of benzene rings is 3. The fourth-order valence-corrected chi connectivity index (χ4v) is 4.53. The molecule has 2 aliphatic heterocycles. The molecule has 10 heteroatoms. The number of carbonyl (C=O) groups is 2. The van der Waals surface area contributed by atoms with Gasteiger partial charge < -0.3 is 26.0 Å². The van der Waals surface area contributed by atoms with Crippen molar-refractivity contribution in [3.63, 3.8) is 0 Å². The molecule has 184 valence electrons. The molecule has 0 aromatic heterocycles. The van der Waals surface area contributed by atoms with Gasteiger partial charge in [-0.3, -0.25) is 19.7 Å². The van der Waals surface area contributed by atoms with Crippen LogP contribution in [0, 0.1) is 16.0 Å². The average molecular weight is 488 g/mol. The van der Waals surface area contributed by atoms with Crippen LogP contribution in [-0.2, 0) is 4.79 Å². The summed E-state index contributed by atoms with van der Waals surface area (Å²) >= 11 is 0. The maximum Gasteiger partial charge on any atom is 0.310 e. The smallest absolute Gasteiger partial charge is 0.310 e. The highest BCUT2D eigenvalue weighted by atomic mass is 16.6. The summed E-state index contributed by atoms with van der Waals surface area (Å²) in [5.41, 5.74) is 4.24. The van der Waals surface area contributed by atoms with Gasteiger partial charge in [-0.05, 0) is 79.5 Å². The van der Waals surface area contributed by atoms with E-state index in [0.717, 1.165) is 31.5 Å². The molecule has 4 N–H and O–H groups in total. The van der Waals surface area contributed by atoms with E-state index in [0.29, 0.717) is 33.9 Å². The molecule has 0 saturated carbocycles. The Kier molecular flexibility index (Phi) is 6.26. The summed E-state index contributed by atoms with van der Waals surface area (Å²) in [7, 11) is 1.38. The Morgan fingerprint density at radius 3 is 2.47 bits per heavy atom. The number of hydrogen-bond donors (Lipinski definition) is 4. The molecule has 2 amide bonds. The molecule has 1 fully saturated rings. The molecule has 0 spiro atoms. The fourth-order valence-electron chi connectivity index (χ4n) is 4.53. The lowest BCUT2D eigenvalue weighted by Crippen LogP contribution is -2.34. The number of rotatable bonds is 5. The van der Waals surface area contributed by atoms with Crippen LogP contribution < -0.4 is 26.0 Å². The summed E-state index contributed by atoms with van der Waals surface area (Å²) < 4.78 is 5.19. The molecule has 0 radical (unpaired) electrons. The largest absolute Gasteiger partial charge is 0.490 e. The van der Waals surface area contributed by atoms with Crippen molar-refractivity contribution in [1.29, 1.82) is 0 Å². The van der Waals surface area contributed by atoms with Crippen LogP contribution in [0.4, 0.5) is 28.4 Å². The third-order valence-electron chi connectivity index (χ3n) is 6.49. The van der Waals surface area contributed by atoms with Crippen molar-refractivity contribution in [2.45, 2.75) is 12.8 Å². The molecule has 1 saturated heterocycles. The lowest BCUT2D eigenvalue weighted by atomic mass is 9.97. The molecule has 3 aromatic rings. The van der Waals surface area contributed by atoms with Gasteiger partial charge in [-0.15, -0.1) is 0 Å². The number of hydrogen-bond acceptors (Lipinski definition) is 7. The predicted octanol–water partition coefficient (Wildman–Crippen LogP) is 4.52. The molecular weight excluding hydrogens is 462 g/mol. The second-order valence-electron chi connectivity index (χ2n) is 8.76. The standard InChI is InChI=1S/C26H25N5O5/c1-36-24-13-17(3-7-23(24)31(34)35)16-2-5-19-21(12-16)29-20-6-4-18(14-22(20)30-26(19)33)28-25(32)15-8-10-27-11-9-15/h2-7,12-15,27,29H,8-11H2,1H3,(H,28,32)(H,30,33). The first-order chi connectivity index (χ1) is 17.4. The SMILES string of the molecule is COc1cc(-c2ccc3c(c2)Nc2ccc(NC(=O)C4CCNCC4)cc2NC3=O)ccc1[N+](=O)[O-]. The summed E-state index contributed by atoms with van der Waals surface area (Å²) in [6.45, 7) is 1.66. The quantitative estimate of drug-likeness (QED) is 0.307. The fraction of sp³-hybridized carbons (Fsp3) is 0.231. The summed E-state index contributed by atoms with van der Waals surface area (Å²) in [5, 5.41) is 23.7. The van der Waals surface area contributed by atoms with E-state index in [2.05, 4.69) is 21.3 Å². The van der Waals surface area contributed by atoms with Crippen molar-refractivity contribution in [1.82, 2.24) is 5.32 Å². The van der Waals surface area contributed by atoms with Crippen molar-refractivity contribution in [3.05, 3.63) is 70.3 Å². The zero-order chi connectivity index (χ0) is 25.2. The Bertz CT molecular complexity index is 1370. The lowest BCUT2D eigenvalue weighted by molar-refractivity contribution is -0.385. The molecule has 3 aromatic carbocycles. The second-order valence-corrected chi connectivity index (χ2v) is 8.76. The highest BCUT2D eigenvalue weighted by Crippen LogP contribution is 2.38. The van der Waals surface area contributed by atoms with Crippen LogP contribution in [0.5, 0.6) is 5.75 Å². The molecule has 0 aliphatic carbocycles. The van der Waals surface area contributed by atoms with E-state index in [-0.39, 0.29) is 29.2 Å². The molecule has 2 aliphatic rings. The van der Waals surface area contributed by atoms with Crippen LogP contribution >= 0.6 is 0 Å². The molecule has 5 rings (SSSR count). The van der Waals surface area contributed by atoms with Gasteiger partial charge in [-0.25, -0.2) is 0 Å². The Balaban J connectivity index is 1.41. The van der Waals surface area contributed by atoms with Crippen molar-refractivity contribution >= 4 is 40.3 Å². The number of carbonyl (C=O) groups excluding carboxylic acids is 2. The zero-order valence-electron chi connectivity index (χ0n) is 19.6. The number of nitro benzene ring substituents is 1. The van der Waals surface area contributed by atoms with Crippen LogP contribution in [0.1, 0.15) is 23.2 Å². The van der Waals surface area contributed by atoms with E-state index in [4.69, 9.17) is 4.74 Å². The zero-order valence-corrected chi connectivity index (χ0v) is 19.6. The number of fused-ring (bicyclic) bond motifs is 2. The summed E-state index contributed by atoms with van der Waals surface area (Å²) in [6, 6.07) is 15.3. The van der Waals surface area contributed by atoms with E-state index in [9.17, 15) is 19.7 Å². The molecule has 0 atom stereocenters. The topological polar surface area (TPSA) is 135 Å². The van der Waals surface area contributed by atoms with Crippen LogP contribution in [0.25, 0.3) is 11.1 Å². The normalized spacial score (nSPS) is 15.0. The minimum absolute atomic E-state index is 0.0178. The summed E-state index contributed by atoms with van der Waals surface area (Å²) in [5.74, 6) is -0.178. The third-order valence-corrected chi connectivity index (χ3v) is 6.49. The van der Waals surface area contributed by atoms with Gasteiger partial charge in [0.05, 0.1) is 34.7 Å². The molecule has 2 heterocycles.